The summed E-state index contributed by atoms with van der Waals surface area (Å²) in [5.41, 5.74) is 5.09. The van der Waals surface area contributed by atoms with Crippen molar-refractivity contribution in [2.45, 2.75) is 25.9 Å². The van der Waals surface area contributed by atoms with Crippen LogP contribution in [-0.4, -0.2) is 43.4 Å². The molecule has 0 spiro atoms. The lowest BCUT2D eigenvalue weighted by atomic mass is 10.1. The van der Waals surface area contributed by atoms with E-state index in [0.717, 1.165) is 38.4 Å². The van der Waals surface area contributed by atoms with Gasteiger partial charge in [-0.1, -0.05) is 36.4 Å². The van der Waals surface area contributed by atoms with Crippen molar-refractivity contribution in [1.82, 2.24) is 20.4 Å². The Morgan fingerprint density at radius 3 is 2.43 bits per heavy atom. The maximum Gasteiger partial charge on any atom is 0.191 e. The van der Waals surface area contributed by atoms with Crippen molar-refractivity contribution in [1.29, 1.82) is 0 Å². The highest BCUT2D eigenvalue weighted by Crippen LogP contribution is 2.13. The molecular weight excluding hydrogens is 372 g/mol. The fourth-order valence-electron chi connectivity index (χ4n) is 3.31. The van der Waals surface area contributed by atoms with Crippen molar-refractivity contribution in [3.8, 4) is 0 Å². The molecule has 1 aromatic heterocycles. The molecule has 0 aliphatic heterocycles. The number of hydrogen-bond acceptors (Lipinski definition) is 3. The predicted octanol–water partition coefficient (Wildman–Crippen LogP) is 3.30. The molecule has 3 rings (SSSR count). The third-order valence-electron chi connectivity index (χ3n) is 5.07. The molecule has 0 unspecified atom stereocenters. The van der Waals surface area contributed by atoms with Gasteiger partial charge in [0.05, 0.1) is 6.54 Å². The van der Waals surface area contributed by atoms with Gasteiger partial charge < -0.3 is 15.5 Å². The maximum absolute atomic E-state index is 4.36. The first kappa shape index (κ1) is 21.4. The SMILES string of the molecule is CN=C(NCCCc1ccc(N(C)C)cc1)NCc1ccccc1Cn1cccn1. The number of aryl methyl sites for hydroxylation is 1. The van der Waals surface area contributed by atoms with Crippen LogP contribution in [0, 0.1) is 0 Å². The highest BCUT2D eigenvalue weighted by atomic mass is 15.3. The minimum Gasteiger partial charge on any atom is -0.378 e. The van der Waals surface area contributed by atoms with Gasteiger partial charge in [0.2, 0.25) is 0 Å². The van der Waals surface area contributed by atoms with Gasteiger partial charge in [0.15, 0.2) is 5.96 Å². The number of nitrogens with one attached hydrogen (secondary N) is 2. The molecule has 0 aliphatic carbocycles. The first-order chi connectivity index (χ1) is 14.7. The van der Waals surface area contributed by atoms with Crippen molar-refractivity contribution in [3.63, 3.8) is 0 Å². The van der Waals surface area contributed by atoms with E-state index in [9.17, 15) is 0 Å². The van der Waals surface area contributed by atoms with Crippen LogP contribution < -0.4 is 15.5 Å². The third-order valence-corrected chi connectivity index (χ3v) is 5.07. The number of anilines is 1. The minimum atomic E-state index is 0.725. The molecular formula is C24H32N6. The second kappa shape index (κ2) is 11.0. The van der Waals surface area contributed by atoms with Crippen LogP contribution in [0.3, 0.4) is 0 Å². The molecule has 0 saturated carbocycles. The lowest BCUT2D eigenvalue weighted by Gasteiger charge is -2.15. The van der Waals surface area contributed by atoms with E-state index in [2.05, 4.69) is 88.3 Å². The smallest absolute Gasteiger partial charge is 0.191 e. The van der Waals surface area contributed by atoms with E-state index < -0.39 is 0 Å². The van der Waals surface area contributed by atoms with Crippen LogP contribution in [0.5, 0.6) is 0 Å². The molecule has 0 saturated heterocycles. The summed E-state index contributed by atoms with van der Waals surface area (Å²) in [7, 11) is 5.94. The van der Waals surface area contributed by atoms with E-state index in [0.29, 0.717) is 0 Å². The Morgan fingerprint density at radius 2 is 1.77 bits per heavy atom. The maximum atomic E-state index is 4.36. The highest BCUT2D eigenvalue weighted by Gasteiger charge is 2.05. The summed E-state index contributed by atoms with van der Waals surface area (Å²) in [6.45, 7) is 2.37. The second-order valence-corrected chi connectivity index (χ2v) is 7.49. The first-order valence-electron chi connectivity index (χ1n) is 10.4. The summed E-state index contributed by atoms with van der Waals surface area (Å²) in [5, 5.41) is 11.2. The monoisotopic (exact) mass is 404 g/mol. The summed E-state index contributed by atoms with van der Waals surface area (Å²) in [5.74, 6) is 0.826. The third kappa shape index (κ3) is 6.37. The molecule has 0 radical (unpaired) electrons. The minimum absolute atomic E-state index is 0.725. The summed E-state index contributed by atoms with van der Waals surface area (Å²) in [6, 6.07) is 19.1. The molecule has 1 heterocycles. The predicted molar refractivity (Wildman–Crippen MR) is 125 cm³/mol. The zero-order valence-electron chi connectivity index (χ0n) is 18.2. The molecule has 6 nitrogen and oxygen atoms in total. The average molecular weight is 405 g/mol. The van der Waals surface area contributed by atoms with E-state index in [1.807, 2.05) is 30.2 Å². The van der Waals surface area contributed by atoms with Gasteiger partial charge in [-0.15, -0.1) is 0 Å². The zero-order chi connectivity index (χ0) is 21.2. The molecule has 2 aromatic carbocycles. The van der Waals surface area contributed by atoms with Crippen molar-refractivity contribution in [2.75, 3.05) is 32.6 Å². The van der Waals surface area contributed by atoms with Crippen LogP contribution >= 0.6 is 0 Å². The molecule has 0 bridgehead atoms. The van der Waals surface area contributed by atoms with Gasteiger partial charge >= 0.3 is 0 Å². The standard InChI is InChI=1S/C24H32N6/c1-25-24(26-15-6-8-20-11-13-23(14-12-20)29(2)3)27-18-21-9-4-5-10-22(21)19-30-17-7-16-28-30/h4-5,7,9-14,16-17H,6,8,15,18-19H2,1-3H3,(H2,25,26,27). The Balaban J connectivity index is 1.44. The summed E-state index contributed by atoms with van der Waals surface area (Å²) < 4.78 is 1.94. The molecule has 2 N–H and O–H groups in total. The van der Waals surface area contributed by atoms with Gasteiger partial charge in [-0.25, -0.2) is 0 Å². The zero-order valence-corrected chi connectivity index (χ0v) is 18.2. The van der Waals surface area contributed by atoms with E-state index in [1.54, 1.807) is 0 Å². The van der Waals surface area contributed by atoms with Crippen LogP contribution in [0.25, 0.3) is 0 Å². The molecule has 158 valence electrons. The normalized spacial score (nSPS) is 11.4. The Kier molecular flexibility index (Phi) is 7.89. The Bertz CT molecular complexity index is 913. The largest absolute Gasteiger partial charge is 0.378 e. The number of guanidine groups is 1. The van der Waals surface area contributed by atoms with Crippen LogP contribution in [0.15, 0.2) is 72.0 Å². The Hall–Kier alpha value is -3.28. The first-order valence-corrected chi connectivity index (χ1v) is 10.4. The van der Waals surface area contributed by atoms with Gasteiger partial charge in [0, 0.05) is 52.3 Å². The summed E-state index contributed by atoms with van der Waals surface area (Å²) in [4.78, 5) is 6.47. The Labute approximate surface area is 179 Å². The number of nitrogens with zero attached hydrogens (tertiary/aromatic N) is 4. The number of aromatic nitrogens is 2. The molecule has 0 fully saturated rings. The number of benzene rings is 2. The molecule has 6 heteroatoms. The number of rotatable bonds is 9. The van der Waals surface area contributed by atoms with E-state index >= 15 is 0 Å². The lowest BCUT2D eigenvalue weighted by Crippen LogP contribution is -2.37. The van der Waals surface area contributed by atoms with Gasteiger partial charge in [-0.2, -0.15) is 5.10 Å². The quantitative estimate of drug-likeness (QED) is 0.326. The molecule has 30 heavy (non-hydrogen) atoms. The van der Waals surface area contributed by atoms with Gasteiger partial charge in [-0.05, 0) is 47.7 Å². The fourth-order valence-corrected chi connectivity index (χ4v) is 3.31. The van der Waals surface area contributed by atoms with Gasteiger partial charge in [-0.3, -0.25) is 9.67 Å². The van der Waals surface area contributed by atoms with Gasteiger partial charge in [0.1, 0.15) is 0 Å². The second-order valence-electron chi connectivity index (χ2n) is 7.49. The number of aliphatic imine (C=N–C) groups is 1. The summed E-state index contributed by atoms with van der Waals surface area (Å²) >= 11 is 0. The van der Waals surface area contributed by atoms with Crippen LogP contribution in [0.4, 0.5) is 5.69 Å². The topological polar surface area (TPSA) is 57.5 Å². The summed E-state index contributed by atoms with van der Waals surface area (Å²) in [6.07, 6.45) is 5.89. The molecule has 0 aliphatic rings. The van der Waals surface area contributed by atoms with Crippen LogP contribution in [0.1, 0.15) is 23.1 Å². The van der Waals surface area contributed by atoms with E-state index in [-0.39, 0.29) is 0 Å². The average Bonchev–Trinajstić information content (AvgIpc) is 3.27. The van der Waals surface area contributed by atoms with Crippen molar-refractivity contribution >= 4 is 11.6 Å². The number of hydrogen-bond donors (Lipinski definition) is 2. The van der Waals surface area contributed by atoms with Crippen molar-refractivity contribution < 1.29 is 0 Å². The molecule has 0 atom stereocenters. The van der Waals surface area contributed by atoms with Crippen molar-refractivity contribution in [3.05, 3.63) is 83.7 Å². The van der Waals surface area contributed by atoms with Crippen LogP contribution in [-0.2, 0) is 19.5 Å². The van der Waals surface area contributed by atoms with Gasteiger partial charge in [0.25, 0.3) is 0 Å². The van der Waals surface area contributed by atoms with E-state index in [4.69, 9.17) is 0 Å². The van der Waals surface area contributed by atoms with Crippen molar-refractivity contribution in [2.24, 2.45) is 4.99 Å². The molecule has 3 aromatic rings. The lowest BCUT2D eigenvalue weighted by molar-refractivity contribution is 0.677. The highest BCUT2D eigenvalue weighted by molar-refractivity contribution is 5.79. The molecule has 0 amide bonds. The van der Waals surface area contributed by atoms with E-state index in [1.165, 1.54) is 22.4 Å². The Morgan fingerprint density at radius 1 is 1.00 bits per heavy atom. The van der Waals surface area contributed by atoms with Crippen LogP contribution in [0.2, 0.25) is 0 Å². The fraction of sp³-hybridized carbons (Fsp3) is 0.333.